The second kappa shape index (κ2) is 4.83. The first kappa shape index (κ1) is 11.9. The summed E-state index contributed by atoms with van der Waals surface area (Å²) in [6.07, 6.45) is 0.500. The van der Waals surface area contributed by atoms with Crippen LogP contribution in [0.1, 0.15) is 41.0 Å². The first-order chi connectivity index (χ1) is 5.31. The highest BCUT2D eigenvalue weighted by Crippen LogP contribution is 2.10. The van der Waals surface area contributed by atoms with Crippen molar-refractivity contribution in [3.63, 3.8) is 0 Å². The van der Waals surface area contributed by atoms with Crippen LogP contribution in [0, 0.1) is 5.92 Å². The van der Waals surface area contributed by atoms with E-state index in [4.69, 9.17) is 4.74 Å². The van der Waals surface area contributed by atoms with E-state index in [1.807, 2.05) is 20.8 Å². The third-order valence-corrected chi connectivity index (χ3v) is 1.45. The number of hydrogen-bond donors (Lipinski definition) is 1. The third kappa shape index (κ3) is 8.02. The molecule has 0 radical (unpaired) electrons. The summed E-state index contributed by atoms with van der Waals surface area (Å²) >= 11 is 0. The Bertz CT molecular complexity index is 113. The minimum absolute atomic E-state index is 0.141. The number of ether oxygens (including phenoxy) is 1. The standard InChI is InChI=1S/C10H22O2/c1-8(2)6-9(11)7-12-10(3,4)5/h8-9,11H,6-7H2,1-5H3/t9-/m0/s1. The molecule has 0 spiro atoms. The van der Waals surface area contributed by atoms with Crippen molar-refractivity contribution >= 4 is 0 Å². The maximum Gasteiger partial charge on any atom is 0.0776 e. The fourth-order valence-corrected chi connectivity index (χ4v) is 0.958. The van der Waals surface area contributed by atoms with Crippen molar-refractivity contribution in [1.82, 2.24) is 0 Å². The van der Waals surface area contributed by atoms with Gasteiger partial charge in [-0.15, -0.1) is 0 Å². The predicted octanol–water partition coefficient (Wildman–Crippen LogP) is 2.21. The highest BCUT2D eigenvalue weighted by Gasteiger charge is 2.14. The zero-order valence-corrected chi connectivity index (χ0v) is 8.92. The molecule has 0 aromatic carbocycles. The topological polar surface area (TPSA) is 29.5 Å². The summed E-state index contributed by atoms with van der Waals surface area (Å²) in [5.41, 5.74) is -0.141. The Hall–Kier alpha value is -0.0800. The number of rotatable bonds is 4. The van der Waals surface area contributed by atoms with Crippen LogP contribution in [-0.2, 0) is 4.74 Å². The minimum atomic E-state index is -0.316. The average Bonchev–Trinajstić information content (AvgIpc) is 1.80. The summed E-state index contributed by atoms with van der Waals surface area (Å²) in [7, 11) is 0. The van der Waals surface area contributed by atoms with Crippen LogP contribution in [0.5, 0.6) is 0 Å². The minimum Gasteiger partial charge on any atom is -0.391 e. The fraction of sp³-hybridized carbons (Fsp3) is 1.00. The van der Waals surface area contributed by atoms with Crippen LogP contribution >= 0.6 is 0 Å². The molecule has 0 fully saturated rings. The van der Waals surface area contributed by atoms with Gasteiger partial charge in [-0.2, -0.15) is 0 Å². The van der Waals surface area contributed by atoms with Crippen molar-refractivity contribution in [2.45, 2.75) is 52.7 Å². The van der Waals surface area contributed by atoms with E-state index in [0.717, 1.165) is 6.42 Å². The van der Waals surface area contributed by atoms with Gasteiger partial charge < -0.3 is 9.84 Å². The molecule has 1 atom stereocenters. The quantitative estimate of drug-likeness (QED) is 0.708. The molecule has 74 valence electrons. The van der Waals surface area contributed by atoms with Crippen LogP contribution < -0.4 is 0 Å². The molecule has 0 bridgehead atoms. The van der Waals surface area contributed by atoms with Gasteiger partial charge in [0, 0.05) is 0 Å². The van der Waals surface area contributed by atoms with Crippen molar-refractivity contribution in [3.8, 4) is 0 Å². The zero-order chi connectivity index (χ0) is 9.78. The molecule has 0 aliphatic carbocycles. The van der Waals surface area contributed by atoms with E-state index in [1.54, 1.807) is 0 Å². The Labute approximate surface area is 75.9 Å². The molecular formula is C10H22O2. The Morgan fingerprint density at radius 1 is 1.25 bits per heavy atom. The lowest BCUT2D eigenvalue weighted by molar-refractivity contribution is -0.0531. The smallest absolute Gasteiger partial charge is 0.0776 e. The van der Waals surface area contributed by atoms with Gasteiger partial charge in [0.05, 0.1) is 18.3 Å². The lowest BCUT2D eigenvalue weighted by Crippen LogP contribution is -2.26. The molecule has 2 heteroatoms. The molecule has 0 unspecified atom stereocenters. The second-order valence-electron chi connectivity index (χ2n) is 4.71. The summed E-state index contributed by atoms with van der Waals surface area (Å²) in [5, 5.41) is 9.46. The van der Waals surface area contributed by atoms with Gasteiger partial charge in [-0.25, -0.2) is 0 Å². The van der Waals surface area contributed by atoms with E-state index in [0.29, 0.717) is 12.5 Å². The predicted molar refractivity (Wildman–Crippen MR) is 51.2 cm³/mol. The van der Waals surface area contributed by atoms with E-state index in [9.17, 15) is 5.11 Å². The molecule has 2 nitrogen and oxygen atoms in total. The number of aliphatic hydroxyl groups is 1. The Kier molecular flexibility index (Phi) is 4.80. The van der Waals surface area contributed by atoms with Gasteiger partial charge in [-0.05, 0) is 33.1 Å². The van der Waals surface area contributed by atoms with Gasteiger partial charge >= 0.3 is 0 Å². The van der Waals surface area contributed by atoms with Crippen molar-refractivity contribution in [2.24, 2.45) is 5.92 Å². The summed E-state index contributed by atoms with van der Waals surface area (Å²) in [4.78, 5) is 0. The molecule has 0 heterocycles. The van der Waals surface area contributed by atoms with Crippen molar-refractivity contribution < 1.29 is 9.84 Å². The Morgan fingerprint density at radius 3 is 2.08 bits per heavy atom. The van der Waals surface area contributed by atoms with E-state index < -0.39 is 0 Å². The van der Waals surface area contributed by atoms with Crippen LogP contribution in [-0.4, -0.2) is 23.4 Å². The Morgan fingerprint density at radius 2 is 1.75 bits per heavy atom. The SMILES string of the molecule is CC(C)C[C@H](O)COC(C)(C)C. The van der Waals surface area contributed by atoms with Crippen LogP contribution in [0.15, 0.2) is 0 Å². The van der Waals surface area contributed by atoms with Crippen molar-refractivity contribution in [3.05, 3.63) is 0 Å². The molecule has 0 aromatic heterocycles. The molecule has 0 aliphatic rings. The summed E-state index contributed by atoms with van der Waals surface area (Å²) in [6.45, 7) is 10.6. The fourth-order valence-electron chi connectivity index (χ4n) is 0.958. The van der Waals surface area contributed by atoms with E-state index >= 15 is 0 Å². The first-order valence-corrected chi connectivity index (χ1v) is 4.63. The number of hydrogen-bond acceptors (Lipinski definition) is 2. The molecular weight excluding hydrogens is 152 g/mol. The average molecular weight is 174 g/mol. The monoisotopic (exact) mass is 174 g/mol. The molecule has 0 amide bonds. The molecule has 0 aliphatic heterocycles. The van der Waals surface area contributed by atoms with Gasteiger partial charge in [-0.3, -0.25) is 0 Å². The molecule has 0 aromatic rings. The number of aliphatic hydroxyl groups excluding tert-OH is 1. The maximum absolute atomic E-state index is 9.46. The largest absolute Gasteiger partial charge is 0.391 e. The van der Waals surface area contributed by atoms with Gasteiger partial charge in [0.2, 0.25) is 0 Å². The van der Waals surface area contributed by atoms with Crippen LogP contribution in [0.2, 0.25) is 0 Å². The molecule has 12 heavy (non-hydrogen) atoms. The van der Waals surface area contributed by atoms with E-state index in [-0.39, 0.29) is 11.7 Å². The van der Waals surface area contributed by atoms with Crippen LogP contribution in [0.25, 0.3) is 0 Å². The van der Waals surface area contributed by atoms with Gasteiger partial charge in [0.1, 0.15) is 0 Å². The molecule has 1 N–H and O–H groups in total. The molecule has 0 saturated heterocycles. The molecule has 0 saturated carbocycles. The summed E-state index contributed by atoms with van der Waals surface area (Å²) in [6, 6.07) is 0. The summed E-state index contributed by atoms with van der Waals surface area (Å²) < 4.78 is 5.44. The van der Waals surface area contributed by atoms with Gasteiger partial charge in [0.15, 0.2) is 0 Å². The van der Waals surface area contributed by atoms with E-state index in [2.05, 4.69) is 13.8 Å². The maximum atomic E-state index is 9.46. The zero-order valence-electron chi connectivity index (χ0n) is 8.92. The Balaban J connectivity index is 3.51. The van der Waals surface area contributed by atoms with Crippen LogP contribution in [0.4, 0.5) is 0 Å². The van der Waals surface area contributed by atoms with Crippen molar-refractivity contribution in [1.29, 1.82) is 0 Å². The lowest BCUT2D eigenvalue weighted by Gasteiger charge is -2.22. The lowest BCUT2D eigenvalue weighted by atomic mass is 10.1. The summed E-state index contributed by atoms with van der Waals surface area (Å²) in [5.74, 6) is 0.531. The van der Waals surface area contributed by atoms with E-state index in [1.165, 1.54) is 0 Å². The highest BCUT2D eigenvalue weighted by molar-refractivity contribution is 4.63. The van der Waals surface area contributed by atoms with Crippen molar-refractivity contribution in [2.75, 3.05) is 6.61 Å². The van der Waals surface area contributed by atoms with Crippen LogP contribution in [0.3, 0.4) is 0 Å². The highest BCUT2D eigenvalue weighted by atomic mass is 16.5. The van der Waals surface area contributed by atoms with Gasteiger partial charge in [0.25, 0.3) is 0 Å². The molecule has 0 rings (SSSR count). The van der Waals surface area contributed by atoms with Gasteiger partial charge in [-0.1, -0.05) is 13.8 Å². The third-order valence-electron chi connectivity index (χ3n) is 1.45. The first-order valence-electron chi connectivity index (χ1n) is 4.63. The normalized spacial score (nSPS) is 15.2. The second-order valence-corrected chi connectivity index (χ2v) is 4.71.